The molecule has 1 aliphatic rings. The third kappa shape index (κ3) is 2.32. The molecule has 4 rings (SSSR count). The third-order valence-corrected chi connectivity index (χ3v) is 4.94. The van der Waals surface area contributed by atoms with Gasteiger partial charge in [0.25, 0.3) is 5.91 Å². The average molecular weight is 325 g/mol. The van der Waals surface area contributed by atoms with E-state index >= 15 is 0 Å². The molecule has 0 unspecified atom stereocenters. The second kappa shape index (κ2) is 5.43. The Hall–Kier alpha value is -2.26. The molecule has 1 aliphatic heterocycles. The highest BCUT2D eigenvalue weighted by atomic mass is 35.5. The van der Waals surface area contributed by atoms with Crippen molar-refractivity contribution in [2.24, 2.45) is 7.05 Å². The fourth-order valence-electron chi connectivity index (χ4n) is 3.48. The predicted octanol–water partition coefficient (Wildman–Crippen LogP) is 4.03. The lowest BCUT2D eigenvalue weighted by Crippen LogP contribution is -2.36. The van der Waals surface area contributed by atoms with E-state index in [9.17, 15) is 4.79 Å². The Balaban J connectivity index is 1.70. The molecule has 0 spiro atoms. The van der Waals surface area contributed by atoms with Gasteiger partial charge in [-0.1, -0.05) is 29.8 Å². The number of amides is 1. The minimum absolute atomic E-state index is 0.0697. The van der Waals surface area contributed by atoms with Crippen LogP contribution in [-0.2, 0) is 20.0 Å². The van der Waals surface area contributed by atoms with Gasteiger partial charge in [0.1, 0.15) is 0 Å². The Kier molecular flexibility index (Phi) is 3.38. The molecule has 116 valence electrons. The maximum absolute atomic E-state index is 12.7. The number of hydrogen-bond acceptors (Lipinski definition) is 1. The number of carbonyl (C=O) groups is 1. The molecular formula is C19H17ClN2O. The summed E-state index contributed by atoms with van der Waals surface area (Å²) in [4.78, 5) is 14.7. The number of nitrogens with zero attached hydrogens (tertiary/aromatic N) is 2. The summed E-state index contributed by atoms with van der Waals surface area (Å²) in [5.41, 5.74) is 4.54. The van der Waals surface area contributed by atoms with E-state index in [0.29, 0.717) is 17.1 Å². The van der Waals surface area contributed by atoms with Crippen molar-refractivity contribution >= 4 is 28.4 Å². The van der Waals surface area contributed by atoms with Crippen LogP contribution in [0.15, 0.2) is 48.5 Å². The van der Waals surface area contributed by atoms with E-state index in [4.69, 9.17) is 11.6 Å². The minimum atomic E-state index is 0.0697. The quantitative estimate of drug-likeness (QED) is 0.663. The molecule has 0 N–H and O–H groups in total. The molecule has 1 amide bonds. The summed E-state index contributed by atoms with van der Waals surface area (Å²) < 4.78 is 2.26. The van der Waals surface area contributed by atoms with Crippen molar-refractivity contribution in [1.82, 2.24) is 9.47 Å². The number of hydrogen-bond donors (Lipinski definition) is 0. The number of para-hydroxylation sites is 1. The highest BCUT2D eigenvalue weighted by Gasteiger charge is 2.26. The molecule has 2 aromatic carbocycles. The topological polar surface area (TPSA) is 25.2 Å². The zero-order chi connectivity index (χ0) is 16.0. The molecule has 1 aromatic heterocycles. The fraction of sp³-hybridized carbons (Fsp3) is 0.211. The first kappa shape index (κ1) is 14.3. The van der Waals surface area contributed by atoms with Crippen molar-refractivity contribution < 1.29 is 4.79 Å². The number of benzene rings is 2. The first-order chi connectivity index (χ1) is 11.1. The Labute approximate surface area is 140 Å². The summed E-state index contributed by atoms with van der Waals surface area (Å²) in [7, 11) is 2.11. The van der Waals surface area contributed by atoms with Gasteiger partial charge in [0.2, 0.25) is 0 Å². The van der Waals surface area contributed by atoms with Crippen LogP contribution in [0.5, 0.6) is 0 Å². The normalized spacial score (nSPS) is 14.1. The SMILES string of the molecule is Cn1c2c(c3ccccc31)CN(C(=O)c1ccc(Cl)cc1)CC2. The maximum Gasteiger partial charge on any atom is 0.254 e. The van der Waals surface area contributed by atoms with Crippen LogP contribution in [-0.4, -0.2) is 21.9 Å². The van der Waals surface area contributed by atoms with Gasteiger partial charge in [-0.2, -0.15) is 0 Å². The van der Waals surface area contributed by atoms with Crippen LogP contribution in [0.1, 0.15) is 21.6 Å². The predicted molar refractivity (Wildman–Crippen MR) is 92.8 cm³/mol. The van der Waals surface area contributed by atoms with Crippen LogP contribution in [0.25, 0.3) is 10.9 Å². The first-order valence-corrected chi connectivity index (χ1v) is 8.13. The largest absolute Gasteiger partial charge is 0.347 e. The lowest BCUT2D eigenvalue weighted by molar-refractivity contribution is 0.0734. The van der Waals surface area contributed by atoms with E-state index in [2.05, 4.69) is 35.9 Å². The van der Waals surface area contributed by atoms with E-state index in [1.165, 1.54) is 22.2 Å². The summed E-state index contributed by atoms with van der Waals surface area (Å²) in [6.45, 7) is 1.41. The number of fused-ring (bicyclic) bond motifs is 3. The molecule has 0 radical (unpaired) electrons. The van der Waals surface area contributed by atoms with Crippen molar-refractivity contribution in [3.8, 4) is 0 Å². The van der Waals surface area contributed by atoms with Gasteiger partial charge in [0.15, 0.2) is 0 Å². The van der Waals surface area contributed by atoms with Gasteiger partial charge in [-0.15, -0.1) is 0 Å². The molecule has 3 aromatic rings. The van der Waals surface area contributed by atoms with E-state index in [1.54, 1.807) is 24.3 Å². The van der Waals surface area contributed by atoms with Crippen molar-refractivity contribution in [3.63, 3.8) is 0 Å². The minimum Gasteiger partial charge on any atom is -0.347 e. The third-order valence-electron chi connectivity index (χ3n) is 4.69. The molecule has 0 bridgehead atoms. The second-order valence-corrected chi connectivity index (χ2v) is 6.42. The average Bonchev–Trinajstić information content (AvgIpc) is 2.88. The lowest BCUT2D eigenvalue weighted by Gasteiger charge is -2.28. The molecule has 23 heavy (non-hydrogen) atoms. The van der Waals surface area contributed by atoms with Gasteiger partial charge in [-0.25, -0.2) is 0 Å². The highest BCUT2D eigenvalue weighted by molar-refractivity contribution is 6.30. The van der Waals surface area contributed by atoms with Crippen LogP contribution < -0.4 is 0 Å². The molecule has 2 heterocycles. The molecule has 0 atom stereocenters. The molecule has 0 aliphatic carbocycles. The van der Waals surface area contributed by atoms with Gasteiger partial charge in [0, 0.05) is 59.3 Å². The maximum atomic E-state index is 12.7. The van der Waals surface area contributed by atoms with Crippen molar-refractivity contribution in [1.29, 1.82) is 0 Å². The van der Waals surface area contributed by atoms with Crippen molar-refractivity contribution in [2.45, 2.75) is 13.0 Å². The van der Waals surface area contributed by atoms with E-state index < -0.39 is 0 Å². The summed E-state index contributed by atoms with van der Waals surface area (Å²) in [6.07, 6.45) is 0.889. The Bertz CT molecular complexity index is 896. The van der Waals surface area contributed by atoms with E-state index in [1.807, 2.05) is 4.90 Å². The van der Waals surface area contributed by atoms with E-state index in [-0.39, 0.29) is 5.91 Å². The van der Waals surface area contributed by atoms with E-state index in [0.717, 1.165) is 13.0 Å². The monoisotopic (exact) mass is 324 g/mol. The Morgan fingerprint density at radius 3 is 2.61 bits per heavy atom. The van der Waals surface area contributed by atoms with Gasteiger partial charge in [0.05, 0.1) is 0 Å². The van der Waals surface area contributed by atoms with Crippen molar-refractivity contribution in [2.75, 3.05) is 6.54 Å². The summed E-state index contributed by atoms with van der Waals surface area (Å²) in [5, 5.41) is 1.90. The fourth-order valence-corrected chi connectivity index (χ4v) is 3.60. The lowest BCUT2D eigenvalue weighted by atomic mass is 10.0. The van der Waals surface area contributed by atoms with Gasteiger partial charge >= 0.3 is 0 Å². The molecule has 0 fully saturated rings. The second-order valence-electron chi connectivity index (χ2n) is 5.99. The smallest absolute Gasteiger partial charge is 0.254 e. The number of aryl methyl sites for hydroxylation is 1. The summed E-state index contributed by atoms with van der Waals surface area (Å²) >= 11 is 5.91. The zero-order valence-corrected chi connectivity index (χ0v) is 13.7. The van der Waals surface area contributed by atoms with Crippen LogP contribution in [0, 0.1) is 0 Å². The Morgan fingerprint density at radius 2 is 1.83 bits per heavy atom. The first-order valence-electron chi connectivity index (χ1n) is 7.75. The van der Waals surface area contributed by atoms with Crippen LogP contribution >= 0.6 is 11.6 Å². The van der Waals surface area contributed by atoms with Crippen LogP contribution in [0.4, 0.5) is 0 Å². The standard InChI is InChI=1S/C19H17ClN2O/c1-21-17-5-3-2-4-15(17)16-12-22(11-10-18(16)21)19(23)13-6-8-14(20)9-7-13/h2-9H,10-12H2,1H3. The highest BCUT2D eigenvalue weighted by Crippen LogP contribution is 2.30. The molecule has 4 heteroatoms. The Morgan fingerprint density at radius 1 is 1.09 bits per heavy atom. The number of halogens is 1. The number of carbonyl (C=O) groups excluding carboxylic acids is 1. The molecule has 0 saturated heterocycles. The van der Waals surface area contributed by atoms with Crippen molar-refractivity contribution in [3.05, 3.63) is 70.4 Å². The van der Waals surface area contributed by atoms with Gasteiger partial charge < -0.3 is 9.47 Å². The molecule has 3 nitrogen and oxygen atoms in total. The number of rotatable bonds is 1. The summed E-state index contributed by atoms with van der Waals surface area (Å²) in [6, 6.07) is 15.5. The van der Waals surface area contributed by atoms with Gasteiger partial charge in [-0.05, 0) is 30.3 Å². The van der Waals surface area contributed by atoms with Crippen LogP contribution in [0.2, 0.25) is 5.02 Å². The van der Waals surface area contributed by atoms with Gasteiger partial charge in [-0.3, -0.25) is 4.79 Å². The number of aromatic nitrogens is 1. The summed E-state index contributed by atoms with van der Waals surface area (Å²) in [5.74, 6) is 0.0697. The van der Waals surface area contributed by atoms with Crippen LogP contribution in [0.3, 0.4) is 0 Å². The molecular weight excluding hydrogens is 308 g/mol. The zero-order valence-electron chi connectivity index (χ0n) is 12.9. The molecule has 0 saturated carbocycles.